The fourth-order valence-corrected chi connectivity index (χ4v) is 4.05. The lowest BCUT2D eigenvalue weighted by Gasteiger charge is -2.09. The van der Waals surface area contributed by atoms with Gasteiger partial charge < -0.3 is 13.1 Å². The van der Waals surface area contributed by atoms with Crippen molar-refractivity contribution in [2.24, 2.45) is 0 Å². The summed E-state index contributed by atoms with van der Waals surface area (Å²) in [6, 6.07) is 21.7. The van der Waals surface area contributed by atoms with E-state index in [0.717, 1.165) is 11.8 Å². The van der Waals surface area contributed by atoms with Gasteiger partial charge in [-0.3, -0.25) is 0 Å². The van der Waals surface area contributed by atoms with Gasteiger partial charge in [0.2, 0.25) is 0 Å². The molecule has 0 amide bonds. The van der Waals surface area contributed by atoms with Crippen LogP contribution in [0.4, 0.5) is 0 Å². The Hall–Kier alpha value is -3.04. The molecular formula is C21H20O7S2. The smallest absolute Gasteiger partial charge is 0.313 e. The van der Waals surface area contributed by atoms with E-state index < -0.39 is 20.2 Å². The van der Waals surface area contributed by atoms with Gasteiger partial charge in [-0.1, -0.05) is 42.5 Å². The van der Waals surface area contributed by atoms with E-state index in [-0.39, 0.29) is 17.3 Å². The number of hydrogen-bond donors (Lipinski definition) is 0. The monoisotopic (exact) mass is 448 g/mol. The minimum Gasteiger partial charge on any atom is -0.489 e. The maximum absolute atomic E-state index is 12.3. The Morgan fingerprint density at radius 3 is 1.73 bits per heavy atom. The van der Waals surface area contributed by atoms with Gasteiger partial charge in [0.15, 0.2) is 0 Å². The first kappa shape index (κ1) is 21.7. The standard InChI is InChI=1S/C21H20O7S2/c1-29(22,23)27-20-11-13-21(14-12-20)28-30(24,25)16-18-7-9-19(10-8-18)26-15-17-5-3-2-4-6-17/h2-14H,15-16H2,1H3. The minimum atomic E-state index is -3.90. The molecule has 0 bridgehead atoms. The van der Waals surface area contributed by atoms with Gasteiger partial charge in [0.25, 0.3) is 0 Å². The average Bonchev–Trinajstić information content (AvgIpc) is 2.68. The van der Waals surface area contributed by atoms with Gasteiger partial charge in [0.05, 0.1) is 6.26 Å². The molecule has 0 radical (unpaired) electrons. The van der Waals surface area contributed by atoms with Crippen molar-refractivity contribution in [1.82, 2.24) is 0 Å². The van der Waals surface area contributed by atoms with Crippen LogP contribution in [0.15, 0.2) is 78.9 Å². The van der Waals surface area contributed by atoms with E-state index in [9.17, 15) is 16.8 Å². The van der Waals surface area contributed by atoms with Crippen LogP contribution in [0, 0.1) is 0 Å². The highest BCUT2D eigenvalue weighted by molar-refractivity contribution is 7.86. The second kappa shape index (κ2) is 9.19. The molecule has 0 aliphatic rings. The predicted octanol–water partition coefficient (Wildman–Crippen LogP) is 3.51. The van der Waals surface area contributed by atoms with E-state index in [2.05, 4.69) is 0 Å². The highest BCUT2D eigenvalue weighted by Crippen LogP contribution is 2.22. The SMILES string of the molecule is CS(=O)(=O)Oc1ccc(OS(=O)(=O)Cc2ccc(OCc3ccccc3)cc2)cc1. The van der Waals surface area contributed by atoms with Gasteiger partial charge in [-0.15, -0.1) is 0 Å². The summed E-state index contributed by atoms with van der Waals surface area (Å²) in [7, 11) is -7.56. The van der Waals surface area contributed by atoms with E-state index in [1.807, 2.05) is 30.3 Å². The van der Waals surface area contributed by atoms with Gasteiger partial charge in [-0.25, -0.2) is 0 Å². The van der Waals surface area contributed by atoms with Crippen LogP contribution in [-0.2, 0) is 32.6 Å². The Balaban J connectivity index is 1.57. The summed E-state index contributed by atoms with van der Waals surface area (Å²) >= 11 is 0. The summed E-state index contributed by atoms with van der Waals surface area (Å²) in [4.78, 5) is 0. The molecular weight excluding hydrogens is 428 g/mol. The number of ether oxygens (including phenoxy) is 1. The summed E-state index contributed by atoms with van der Waals surface area (Å²) in [5, 5.41) is 0. The topological polar surface area (TPSA) is 96.0 Å². The minimum absolute atomic E-state index is 0.0543. The Morgan fingerprint density at radius 2 is 1.17 bits per heavy atom. The van der Waals surface area contributed by atoms with Crippen molar-refractivity contribution in [2.45, 2.75) is 12.4 Å². The zero-order valence-electron chi connectivity index (χ0n) is 16.1. The van der Waals surface area contributed by atoms with Gasteiger partial charge >= 0.3 is 20.2 Å². The molecule has 3 rings (SSSR count). The summed E-state index contributed by atoms with van der Waals surface area (Å²) in [6.07, 6.45) is 0.917. The Bertz CT molecular complexity index is 1170. The maximum atomic E-state index is 12.3. The number of rotatable bonds is 9. The highest BCUT2D eigenvalue weighted by Gasteiger charge is 2.15. The van der Waals surface area contributed by atoms with Crippen LogP contribution in [-0.4, -0.2) is 23.1 Å². The molecule has 0 spiro atoms. The molecule has 0 aliphatic carbocycles. The zero-order chi connectivity index (χ0) is 21.6. The number of benzene rings is 3. The van der Waals surface area contributed by atoms with Crippen molar-refractivity contribution in [2.75, 3.05) is 6.26 Å². The lowest BCUT2D eigenvalue weighted by Crippen LogP contribution is -2.12. The number of hydrogen-bond acceptors (Lipinski definition) is 7. The molecule has 7 nitrogen and oxygen atoms in total. The first-order chi connectivity index (χ1) is 14.2. The third kappa shape index (κ3) is 7.09. The lowest BCUT2D eigenvalue weighted by molar-refractivity contribution is 0.306. The van der Waals surface area contributed by atoms with Crippen LogP contribution < -0.4 is 13.1 Å². The molecule has 0 N–H and O–H groups in total. The first-order valence-corrected chi connectivity index (χ1v) is 12.3. The van der Waals surface area contributed by atoms with Gasteiger partial charge in [0, 0.05) is 0 Å². The van der Waals surface area contributed by atoms with Gasteiger partial charge in [-0.05, 0) is 47.5 Å². The van der Waals surface area contributed by atoms with Crippen LogP contribution in [0.1, 0.15) is 11.1 Å². The Kier molecular flexibility index (Phi) is 6.63. The molecule has 3 aromatic rings. The lowest BCUT2D eigenvalue weighted by atomic mass is 10.2. The molecule has 158 valence electrons. The fourth-order valence-electron chi connectivity index (χ4n) is 2.53. The molecule has 0 saturated carbocycles. The molecule has 0 heterocycles. The van der Waals surface area contributed by atoms with Crippen molar-refractivity contribution in [3.63, 3.8) is 0 Å². The molecule has 30 heavy (non-hydrogen) atoms. The van der Waals surface area contributed by atoms with Gasteiger partial charge in [0.1, 0.15) is 29.6 Å². The van der Waals surface area contributed by atoms with Crippen molar-refractivity contribution in [1.29, 1.82) is 0 Å². The third-order valence-corrected chi connectivity index (χ3v) is 5.44. The van der Waals surface area contributed by atoms with E-state index >= 15 is 0 Å². The summed E-state index contributed by atoms with van der Waals surface area (Å²) in [5.74, 6) is 0.419. The van der Waals surface area contributed by atoms with Crippen molar-refractivity contribution in [3.8, 4) is 17.2 Å². The maximum Gasteiger partial charge on any atom is 0.313 e. The second-order valence-electron chi connectivity index (χ2n) is 6.46. The van der Waals surface area contributed by atoms with Crippen LogP contribution in [0.5, 0.6) is 17.2 Å². The highest BCUT2D eigenvalue weighted by atomic mass is 32.2. The Morgan fingerprint density at radius 1 is 0.633 bits per heavy atom. The van der Waals surface area contributed by atoms with Crippen LogP contribution in [0.25, 0.3) is 0 Å². The van der Waals surface area contributed by atoms with Gasteiger partial charge in [-0.2, -0.15) is 16.8 Å². The van der Waals surface area contributed by atoms with Crippen LogP contribution in [0.2, 0.25) is 0 Å². The molecule has 9 heteroatoms. The van der Waals surface area contributed by atoms with E-state index in [1.165, 1.54) is 24.3 Å². The quantitative estimate of drug-likeness (QED) is 0.462. The van der Waals surface area contributed by atoms with Crippen molar-refractivity contribution in [3.05, 3.63) is 90.0 Å². The summed E-state index contributed by atoms with van der Waals surface area (Å²) in [6.45, 7) is 0.417. The van der Waals surface area contributed by atoms with Crippen LogP contribution >= 0.6 is 0 Å². The molecule has 3 aromatic carbocycles. The van der Waals surface area contributed by atoms with Crippen molar-refractivity contribution >= 4 is 20.2 Å². The fraction of sp³-hybridized carbons (Fsp3) is 0.143. The molecule has 0 atom stereocenters. The molecule has 0 aromatic heterocycles. The third-order valence-electron chi connectivity index (χ3n) is 3.81. The molecule has 0 unspecified atom stereocenters. The summed E-state index contributed by atoms with van der Waals surface area (Å²) < 4.78 is 62.2. The summed E-state index contributed by atoms with van der Waals surface area (Å²) in [5.41, 5.74) is 1.57. The van der Waals surface area contributed by atoms with Crippen LogP contribution in [0.3, 0.4) is 0 Å². The normalized spacial score (nSPS) is 11.6. The first-order valence-electron chi connectivity index (χ1n) is 8.86. The average molecular weight is 449 g/mol. The molecule has 0 saturated heterocycles. The largest absolute Gasteiger partial charge is 0.489 e. The van der Waals surface area contributed by atoms with E-state index in [0.29, 0.717) is 17.9 Å². The molecule has 0 aliphatic heterocycles. The second-order valence-corrected chi connectivity index (χ2v) is 9.61. The van der Waals surface area contributed by atoms with E-state index in [4.69, 9.17) is 13.1 Å². The Labute approximate surface area is 176 Å². The van der Waals surface area contributed by atoms with E-state index in [1.54, 1.807) is 24.3 Å². The molecule has 0 fully saturated rings. The predicted molar refractivity (Wildman–Crippen MR) is 112 cm³/mol. The van der Waals surface area contributed by atoms with Crippen molar-refractivity contribution < 1.29 is 29.9 Å². The zero-order valence-corrected chi connectivity index (χ0v) is 17.7.